The molecule has 3 nitrogen and oxygen atoms in total. The van der Waals surface area contributed by atoms with Gasteiger partial charge in [-0.1, -0.05) is 0 Å². The molecule has 0 spiro atoms. The van der Waals surface area contributed by atoms with Gasteiger partial charge in [-0.25, -0.2) is 0 Å². The van der Waals surface area contributed by atoms with E-state index in [0.717, 1.165) is 19.7 Å². The average molecular weight is 142 g/mol. The lowest BCUT2D eigenvalue weighted by Gasteiger charge is -2.36. The van der Waals surface area contributed by atoms with E-state index >= 15 is 0 Å². The highest BCUT2D eigenvalue weighted by Gasteiger charge is 2.27. The van der Waals surface area contributed by atoms with Gasteiger partial charge in [-0.3, -0.25) is 5.32 Å². The Labute approximate surface area is 61.1 Å². The molecule has 0 aliphatic carbocycles. The molecule has 0 aromatic heterocycles. The van der Waals surface area contributed by atoms with Crippen LogP contribution in [0, 0.1) is 0 Å². The number of hydrogen-bond acceptors (Lipinski definition) is 3. The largest absolute Gasteiger partial charge is 0.360 e. The molecule has 0 aromatic rings. The summed E-state index contributed by atoms with van der Waals surface area (Å²) < 4.78 is 5.51. The van der Waals surface area contributed by atoms with Crippen molar-refractivity contribution in [1.82, 2.24) is 10.6 Å². The fraction of sp³-hybridized carbons (Fsp3) is 1.00. The molecule has 2 aliphatic rings. The van der Waals surface area contributed by atoms with Crippen LogP contribution < -0.4 is 10.6 Å². The summed E-state index contributed by atoms with van der Waals surface area (Å²) in [6.45, 7) is 2.99. The molecule has 2 fully saturated rings. The van der Waals surface area contributed by atoms with Crippen molar-refractivity contribution in [2.45, 2.75) is 25.1 Å². The van der Waals surface area contributed by atoms with Crippen molar-refractivity contribution in [2.75, 3.05) is 19.7 Å². The van der Waals surface area contributed by atoms with Crippen LogP contribution in [0.15, 0.2) is 0 Å². The van der Waals surface area contributed by atoms with Crippen molar-refractivity contribution in [3.05, 3.63) is 0 Å². The zero-order valence-electron chi connectivity index (χ0n) is 6.10. The molecule has 0 radical (unpaired) electrons. The Bertz CT molecular complexity index is 92.2. The van der Waals surface area contributed by atoms with Gasteiger partial charge in [-0.15, -0.1) is 0 Å². The second-order valence-electron chi connectivity index (χ2n) is 2.95. The van der Waals surface area contributed by atoms with E-state index < -0.39 is 0 Å². The molecule has 0 aromatic carbocycles. The Balaban J connectivity index is 1.93. The van der Waals surface area contributed by atoms with Gasteiger partial charge in [0.25, 0.3) is 0 Å². The van der Waals surface area contributed by atoms with Crippen LogP contribution in [-0.2, 0) is 4.74 Å². The minimum absolute atomic E-state index is 0.294. The van der Waals surface area contributed by atoms with E-state index in [-0.39, 0.29) is 0 Å². The smallest absolute Gasteiger partial charge is 0.123 e. The van der Waals surface area contributed by atoms with Crippen molar-refractivity contribution >= 4 is 0 Å². The minimum Gasteiger partial charge on any atom is -0.360 e. The maximum absolute atomic E-state index is 5.51. The minimum atomic E-state index is 0.294. The van der Waals surface area contributed by atoms with Gasteiger partial charge in [0.2, 0.25) is 0 Å². The number of hydrogen-bond donors (Lipinski definition) is 2. The van der Waals surface area contributed by atoms with E-state index in [1.165, 1.54) is 12.8 Å². The van der Waals surface area contributed by atoms with Crippen LogP contribution in [0.25, 0.3) is 0 Å². The third-order valence-corrected chi connectivity index (χ3v) is 2.21. The SMILES string of the molecule is C1CNC2OCCNC2C1. The number of piperidine rings is 1. The maximum atomic E-state index is 5.51. The van der Waals surface area contributed by atoms with Gasteiger partial charge in [-0.05, 0) is 19.4 Å². The lowest BCUT2D eigenvalue weighted by molar-refractivity contribution is -0.0379. The summed E-state index contributed by atoms with van der Waals surface area (Å²) in [6, 6.07) is 0.572. The molecule has 10 heavy (non-hydrogen) atoms. The zero-order chi connectivity index (χ0) is 6.81. The summed E-state index contributed by atoms with van der Waals surface area (Å²) in [6.07, 6.45) is 2.83. The van der Waals surface area contributed by atoms with E-state index in [1.807, 2.05) is 0 Å². The summed E-state index contributed by atoms with van der Waals surface area (Å²) >= 11 is 0. The molecule has 2 saturated heterocycles. The molecule has 58 valence electrons. The van der Waals surface area contributed by atoms with E-state index in [0.29, 0.717) is 12.3 Å². The molecule has 2 N–H and O–H groups in total. The number of fused-ring (bicyclic) bond motifs is 1. The van der Waals surface area contributed by atoms with Crippen molar-refractivity contribution in [3.63, 3.8) is 0 Å². The second kappa shape index (κ2) is 2.86. The zero-order valence-corrected chi connectivity index (χ0v) is 6.10. The van der Waals surface area contributed by atoms with Gasteiger partial charge in [0.15, 0.2) is 0 Å². The predicted octanol–water partition coefficient (Wildman–Crippen LogP) is -0.316. The molecule has 3 heteroatoms. The van der Waals surface area contributed by atoms with Gasteiger partial charge in [-0.2, -0.15) is 0 Å². The Morgan fingerprint density at radius 2 is 2.20 bits per heavy atom. The van der Waals surface area contributed by atoms with Gasteiger partial charge in [0.1, 0.15) is 6.23 Å². The van der Waals surface area contributed by atoms with Crippen LogP contribution in [0.5, 0.6) is 0 Å². The third-order valence-electron chi connectivity index (χ3n) is 2.21. The van der Waals surface area contributed by atoms with E-state index in [1.54, 1.807) is 0 Å². The average Bonchev–Trinajstić information content (AvgIpc) is 2.05. The fourth-order valence-corrected chi connectivity index (χ4v) is 1.67. The highest BCUT2D eigenvalue weighted by Crippen LogP contribution is 2.11. The van der Waals surface area contributed by atoms with Crippen LogP contribution in [0.3, 0.4) is 0 Å². The summed E-state index contributed by atoms with van der Waals surface area (Å²) in [5.41, 5.74) is 0. The molecular formula is C7H14N2O. The quantitative estimate of drug-likeness (QED) is 0.486. The van der Waals surface area contributed by atoms with Gasteiger partial charge < -0.3 is 10.1 Å². The van der Waals surface area contributed by atoms with Gasteiger partial charge >= 0.3 is 0 Å². The van der Waals surface area contributed by atoms with Crippen LogP contribution in [0.2, 0.25) is 0 Å². The van der Waals surface area contributed by atoms with Gasteiger partial charge in [0.05, 0.1) is 6.61 Å². The summed E-state index contributed by atoms with van der Waals surface area (Å²) in [7, 11) is 0. The molecule has 0 bridgehead atoms. The molecule has 2 rings (SSSR count). The lowest BCUT2D eigenvalue weighted by atomic mass is 10.1. The number of ether oxygens (including phenoxy) is 1. The normalized spacial score (nSPS) is 40.8. The molecule has 2 atom stereocenters. The van der Waals surface area contributed by atoms with E-state index in [2.05, 4.69) is 10.6 Å². The Hall–Kier alpha value is -0.120. The third kappa shape index (κ3) is 1.17. The highest BCUT2D eigenvalue weighted by atomic mass is 16.5. The van der Waals surface area contributed by atoms with Crippen LogP contribution in [0.4, 0.5) is 0 Å². The van der Waals surface area contributed by atoms with E-state index in [9.17, 15) is 0 Å². The predicted molar refractivity (Wildman–Crippen MR) is 38.8 cm³/mol. The number of rotatable bonds is 0. The molecule has 2 aliphatic heterocycles. The Kier molecular flexibility index (Phi) is 1.88. The maximum Gasteiger partial charge on any atom is 0.123 e. The van der Waals surface area contributed by atoms with Crippen molar-refractivity contribution in [3.8, 4) is 0 Å². The summed E-state index contributed by atoms with van der Waals surface area (Å²) in [4.78, 5) is 0. The van der Waals surface area contributed by atoms with Crippen LogP contribution >= 0.6 is 0 Å². The standard InChI is InChI=1S/C7H14N2O/c1-2-6-7(9-3-1)10-5-4-8-6/h6-9H,1-5H2. The van der Waals surface area contributed by atoms with Gasteiger partial charge in [0, 0.05) is 12.6 Å². The second-order valence-corrected chi connectivity index (χ2v) is 2.95. The first kappa shape index (κ1) is 6.58. The van der Waals surface area contributed by atoms with E-state index in [4.69, 9.17) is 4.74 Å². The summed E-state index contributed by atoms with van der Waals surface area (Å²) in [5.74, 6) is 0. The fourth-order valence-electron chi connectivity index (χ4n) is 1.67. The van der Waals surface area contributed by atoms with Crippen molar-refractivity contribution in [2.24, 2.45) is 0 Å². The molecule has 2 heterocycles. The topological polar surface area (TPSA) is 33.3 Å². The molecule has 0 amide bonds. The number of morpholine rings is 1. The molecular weight excluding hydrogens is 128 g/mol. The first-order chi connectivity index (χ1) is 4.97. The van der Waals surface area contributed by atoms with Crippen LogP contribution in [-0.4, -0.2) is 32.0 Å². The number of nitrogens with one attached hydrogen (secondary N) is 2. The summed E-state index contributed by atoms with van der Waals surface area (Å²) in [5, 5.41) is 6.77. The van der Waals surface area contributed by atoms with Crippen LogP contribution in [0.1, 0.15) is 12.8 Å². The Morgan fingerprint density at radius 1 is 1.20 bits per heavy atom. The molecule has 2 unspecified atom stereocenters. The van der Waals surface area contributed by atoms with Crippen molar-refractivity contribution < 1.29 is 4.74 Å². The molecule has 0 saturated carbocycles. The first-order valence-corrected chi connectivity index (χ1v) is 4.05. The first-order valence-electron chi connectivity index (χ1n) is 4.05. The van der Waals surface area contributed by atoms with Crippen molar-refractivity contribution in [1.29, 1.82) is 0 Å². The Morgan fingerprint density at radius 3 is 3.10 bits per heavy atom. The monoisotopic (exact) mass is 142 g/mol. The highest BCUT2D eigenvalue weighted by molar-refractivity contribution is 4.82. The lowest BCUT2D eigenvalue weighted by Crippen LogP contribution is -2.57.